The summed E-state index contributed by atoms with van der Waals surface area (Å²) in [6.07, 6.45) is 3.74. The van der Waals surface area contributed by atoms with E-state index in [1.54, 1.807) is 0 Å². The third-order valence-electron chi connectivity index (χ3n) is 5.11. The number of nitrogens with two attached hydrogens (primary N) is 1. The minimum atomic E-state index is -5.58. The fourth-order valence-electron chi connectivity index (χ4n) is 3.42. The molecular weight excluding hydrogens is 380 g/mol. The van der Waals surface area contributed by atoms with Gasteiger partial charge in [-0.25, -0.2) is 0 Å². The van der Waals surface area contributed by atoms with E-state index in [0.29, 0.717) is 0 Å². The van der Waals surface area contributed by atoms with Crippen LogP contribution in [0.4, 0.5) is 0 Å². The summed E-state index contributed by atoms with van der Waals surface area (Å²) in [5, 5.41) is 5.61. The zero-order chi connectivity index (χ0) is 18.7. The minimum absolute atomic E-state index is 0.0525. The fraction of sp³-hybridized carbons (Fsp3) is 0.636. The van der Waals surface area contributed by atoms with Crippen molar-refractivity contribution in [2.24, 2.45) is 5.73 Å². The molecule has 2 fully saturated rings. The van der Waals surface area contributed by atoms with Gasteiger partial charge in [0.2, 0.25) is 0 Å². The van der Waals surface area contributed by atoms with Crippen LogP contribution in [0.3, 0.4) is 0 Å². The molecule has 1 saturated heterocycles. The first-order chi connectivity index (χ1) is 11.5. The van der Waals surface area contributed by atoms with Crippen LogP contribution in [0.15, 0.2) is 18.7 Å². The summed E-state index contributed by atoms with van der Waals surface area (Å²) in [5.74, 6) is -0.684. The van der Waals surface area contributed by atoms with Gasteiger partial charge < -0.3 is 0 Å². The van der Waals surface area contributed by atoms with Gasteiger partial charge in [-0.1, -0.05) is 0 Å². The molecule has 0 aromatic carbocycles. The molecule has 1 saturated carbocycles. The molecule has 3 rings (SSSR count). The van der Waals surface area contributed by atoms with E-state index >= 15 is 0 Å². The standard InChI is InChI=1S/C11H21N3O9P2/c12-5-8(15)9-1-2-10(9,23-22-9)24(17,18)11(16,25(19,20)21)6-14-4-3-13-7-14/h3-4,7,16-21,24-25H,1-2,5-6,12H2/t9?,10-,11?/m1/s1. The van der Waals surface area contributed by atoms with Crippen molar-refractivity contribution in [3.8, 4) is 0 Å². The van der Waals surface area contributed by atoms with Crippen LogP contribution in [-0.4, -0.2) is 67.5 Å². The maximum absolute atomic E-state index is 12.1. The van der Waals surface area contributed by atoms with Crippen molar-refractivity contribution < 1.29 is 44.1 Å². The van der Waals surface area contributed by atoms with Crippen molar-refractivity contribution >= 4 is 21.4 Å². The van der Waals surface area contributed by atoms with E-state index in [9.17, 15) is 34.4 Å². The van der Waals surface area contributed by atoms with Crippen LogP contribution in [-0.2, 0) is 21.1 Å². The molecular formula is C11H21N3O9P2. The summed E-state index contributed by atoms with van der Waals surface area (Å²) in [4.78, 5) is 76.7. The quantitative estimate of drug-likeness (QED) is 0.185. The van der Waals surface area contributed by atoms with E-state index in [4.69, 9.17) is 15.5 Å². The molecule has 144 valence electrons. The molecule has 3 atom stereocenters. The monoisotopic (exact) mass is 401 g/mol. The Bertz CT molecular complexity index is 669. The average molecular weight is 401 g/mol. The Kier molecular flexibility index (Phi) is 4.36. The number of hydrogen-bond acceptors (Lipinski definition) is 11. The SMILES string of the molecule is NCC(=O)C12CC[C@]1([PH](O)(O)C(O)(Cn1ccnc1)[PH](O)(O)O)OO2. The zero-order valence-corrected chi connectivity index (χ0v) is 14.9. The molecule has 0 bridgehead atoms. The second-order valence-electron chi connectivity index (χ2n) is 6.35. The van der Waals surface area contributed by atoms with Gasteiger partial charge in [-0.05, 0) is 0 Å². The molecule has 0 spiro atoms. The average Bonchev–Trinajstić information content (AvgIpc) is 3.01. The Hall–Kier alpha value is -0.620. The topological polar surface area (TPSA) is 201 Å². The number of hydrogen-bond donors (Lipinski definition) is 7. The third-order valence-corrected chi connectivity index (χ3v) is 11.6. The first kappa shape index (κ1) is 19.2. The first-order valence-electron chi connectivity index (χ1n) is 7.38. The molecule has 14 heteroatoms. The summed E-state index contributed by atoms with van der Waals surface area (Å²) in [6, 6.07) is 0. The molecule has 2 heterocycles. The Morgan fingerprint density at radius 1 is 1.28 bits per heavy atom. The second-order valence-corrected chi connectivity index (χ2v) is 11.9. The van der Waals surface area contributed by atoms with Gasteiger partial charge in [0.25, 0.3) is 0 Å². The number of carbonyl (C=O) groups is 1. The van der Waals surface area contributed by atoms with Crippen molar-refractivity contribution in [2.75, 3.05) is 6.54 Å². The zero-order valence-electron chi connectivity index (χ0n) is 12.9. The molecule has 8 N–H and O–H groups in total. The number of carbonyl (C=O) groups excluding carboxylic acids is 1. The second kappa shape index (κ2) is 5.69. The van der Waals surface area contributed by atoms with E-state index in [-0.39, 0.29) is 12.8 Å². The maximum atomic E-state index is 12.1. The number of fused-ring (bicyclic) bond motifs is 1. The molecule has 25 heavy (non-hydrogen) atoms. The van der Waals surface area contributed by atoms with Gasteiger partial charge in [-0.3, -0.25) is 0 Å². The van der Waals surface area contributed by atoms with Crippen LogP contribution in [0.2, 0.25) is 0 Å². The number of rotatable bonds is 7. The van der Waals surface area contributed by atoms with Gasteiger partial charge in [0, 0.05) is 0 Å². The van der Waals surface area contributed by atoms with E-state index in [1.807, 2.05) is 0 Å². The summed E-state index contributed by atoms with van der Waals surface area (Å²) in [5.41, 5.74) is 3.53. The molecule has 1 aromatic rings. The molecule has 1 aromatic heterocycles. The normalized spacial score (nSPS) is 32.8. The van der Waals surface area contributed by atoms with E-state index in [1.165, 1.54) is 18.7 Å². The molecule has 2 unspecified atom stereocenters. The van der Waals surface area contributed by atoms with Crippen molar-refractivity contribution in [1.29, 1.82) is 0 Å². The Morgan fingerprint density at radius 2 is 1.96 bits per heavy atom. The van der Waals surface area contributed by atoms with E-state index in [2.05, 4.69) is 4.98 Å². The Morgan fingerprint density at radius 3 is 2.32 bits per heavy atom. The fourth-order valence-corrected chi connectivity index (χ4v) is 8.87. The number of imidazole rings is 1. The van der Waals surface area contributed by atoms with E-state index < -0.39 is 50.6 Å². The summed E-state index contributed by atoms with van der Waals surface area (Å²) in [6.45, 7) is -1.27. The number of aliphatic hydroxyl groups is 1. The molecule has 0 radical (unpaired) electrons. The Labute approximate surface area is 142 Å². The Balaban J connectivity index is 2.05. The number of ketones is 1. The third kappa shape index (κ3) is 2.22. The van der Waals surface area contributed by atoms with Crippen LogP contribution in [0.1, 0.15) is 12.8 Å². The van der Waals surface area contributed by atoms with Gasteiger partial charge in [0.15, 0.2) is 0 Å². The van der Waals surface area contributed by atoms with Crippen LogP contribution < -0.4 is 5.73 Å². The predicted octanol–water partition coefficient (Wildman–Crippen LogP) is -2.72. The van der Waals surface area contributed by atoms with Crippen molar-refractivity contribution in [3.05, 3.63) is 18.7 Å². The van der Waals surface area contributed by atoms with Crippen LogP contribution in [0, 0.1) is 0 Å². The van der Waals surface area contributed by atoms with Crippen LogP contribution in [0.5, 0.6) is 0 Å². The van der Waals surface area contributed by atoms with Gasteiger partial charge in [-0.2, -0.15) is 0 Å². The summed E-state index contributed by atoms with van der Waals surface area (Å²) < 4.78 is 1.12. The van der Waals surface area contributed by atoms with Gasteiger partial charge >= 0.3 is 142 Å². The van der Waals surface area contributed by atoms with Crippen LogP contribution >= 0.6 is 15.7 Å². The predicted molar refractivity (Wildman–Crippen MR) is 85.8 cm³/mol. The van der Waals surface area contributed by atoms with Crippen LogP contribution in [0.25, 0.3) is 0 Å². The number of nitrogens with zero attached hydrogens (tertiary/aromatic N) is 2. The van der Waals surface area contributed by atoms with Gasteiger partial charge in [0.05, 0.1) is 0 Å². The van der Waals surface area contributed by atoms with E-state index in [0.717, 1.165) is 4.57 Å². The van der Waals surface area contributed by atoms with Crippen molar-refractivity contribution in [2.45, 2.75) is 35.4 Å². The molecule has 0 amide bonds. The van der Waals surface area contributed by atoms with Gasteiger partial charge in [0.1, 0.15) is 0 Å². The van der Waals surface area contributed by atoms with Crippen molar-refractivity contribution in [3.63, 3.8) is 0 Å². The molecule has 1 aliphatic carbocycles. The number of aromatic nitrogens is 2. The first-order valence-corrected chi connectivity index (χ1v) is 11.1. The van der Waals surface area contributed by atoms with Crippen molar-refractivity contribution in [1.82, 2.24) is 9.55 Å². The summed E-state index contributed by atoms with van der Waals surface area (Å²) in [7, 11) is -10.9. The number of Topliss-reactive ketones (excluding diaryl/α,β-unsaturated/α-hetero) is 1. The molecule has 2 aliphatic rings. The summed E-state index contributed by atoms with van der Waals surface area (Å²) >= 11 is 0. The van der Waals surface area contributed by atoms with Gasteiger partial charge in [-0.15, -0.1) is 0 Å². The molecule has 1 aliphatic heterocycles. The molecule has 12 nitrogen and oxygen atoms in total.